The Morgan fingerprint density at radius 3 is 1.63 bits per heavy atom. The number of esters is 2. The van der Waals surface area contributed by atoms with E-state index in [1.165, 1.54) is 51.4 Å². The number of phosphoric ester groups is 1. The van der Waals surface area contributed by atoms with Gasteiger partial charge in [0.2, 0.25) is 0 Å². The lowest BCUT2D eigenvalue weighted by atomic mass is 9.85. The molecule has 0 heterocycles. The van der Waals surface area contributed by atoms with Gasteiger partial charge in [-0.25, -0.2) is 4.57 Å². The average molecular weight is 751 g/mol. The van der Waals surface area contributed by atoms with Crippen LogP contribution in [0.1, 0.15) is 142 Å². The van der Waals surface area contributed by atoms with Crippen LogP contribution >= 0.6 is 7.82 Å². The van der Waals surface area contributed by atoms with E-state index in [-0.39, 0.29) is 12.8 Å². The van der Waals surface area contributed by atoms with E-state index in [9.17, 15) is 44.6 Å². The maximum Gasteiger partial charge on any atom is 0.472 e. The number of unbranched alkanes of at least 4 members (excludes halogenated alkanes) is 14. The van der Waals surface area contributed by atoms with Gasteiger partial charge in [-0.2, -0.15) is 0 Å². The molecule has 0 radical (unpaired) electrons. The highest BCUT2D eigenvalue weighted by molar-refractivity contribution is 7.47. The summed E-state index contributed by atoms with van der Waals surface area (Å²) in [6.45, 7) is 3.03. The first kappa shape index (κ1) is 47.4. The van der Waals surface area contributed by atoms with Crippen molar-refractivity contribution in [2.24, 2.45) is 0 Å². The number of hydrogen-bond acceptors (Lipinski definition) is 12. The minimum absolute atomic E-state index is 0.0922. The van der Waals surface area contributed by atoms with Crippen molar-refractivity contribution in [3.8, 4) is 0 Å². The summed E-state index contributed by atoms with van der Waals surface area (Å²) < 4.78 is 33.0. The van der Waals surface area contributed by atoms with Gasteiger partial charge in [0.05, 0.1) is 6.61 Å². The van der Waals surface area contributed by atoms with Gasteiger partial charge in [0.1, 0.15) is 43.2 Å². The molecule has 0 aliphatic heterocycles. The monoisotopic (exact) mass is 750 g/mol. The summed E-state index contributed by atoms with van der Waals surface area (Å²) in [7, 11) is -5.09. The Morgan fingerprint density at radius 2 is 1.06 bits per heavy atom. The molecule has 6 N–H and O–H groups in total. The predicted octanol–water partition coefficient (Wildman–Crippen LogP) is 5.72. The molecule has 298 valence electrons. The lowest BCUT2D eigenvalue weighted by molar-refractivity contribution is -0.220. The van der Waals surface area contributed by atoms with Gasteiger partial charge in [0, 0.05) is 12.8 Å². The highest BCUT2D eigenvalue weighted by Crippen LogP contribution is 2.47. The van der Waals surface area contributed by atoms with Crippen LogP contribution in [0.4, 0.5) is 0 Å². The molecule has 0 spiro atoms. The van der Waals surface area contributed by atoms with E-state index in [0.29, 0.717) is 12.8 Å². The molecular formula is C37H67O13P. The second-order valence-electron chi connectivity index (χ2n) is 13.4. The number of hydrogen-bond donors (Lipinski definition) is 6. The minimum atomic E-state index is -5.09. The van der Waals surface area contributed by atoms with E-state index in [4.69, 9.17) is 18.5 Å². The van der Waals surface area contributed by atoms with E-state index < -0.39 is 75.7 Å². The van der Waals surface area contributed by atoms with Crippen molar-refractivity contribution in [1.82, 2.24) is 0 Å². The SMILES string of the molecule is CCCCC/C=C\C/C=C\CCCCCCCCCCCC(=O)OC(COC(=O)CCCCC)COP(=O)(O)OC1C(O)C(O)C(O)C(O)C1O. The maximum atomic E-state index is 12.6. The topological polar surface area (TPSA) is 210 Å². The van der Waals surface area contributed by atoms with E-state index in [1.807, 2.05) is 6.92 Å². The molecule has 0 aromatic heterocycles. The number of aliphatic hydroxyl groups is 5. The normalized spacial score (nSPS) is 24.2. The molecule has 0 bridgehead atoms. The maximum absolute atomic E-state index is 12.6. The third kappa shape index (κ3) is 22.2. The van der Waals surface area contributed by atoms with Crippen LogP contribution in [0.15, 0.2) is 24.3 Å². The molecule has 1 saturated carbocycles. The quantitative estimate of drug-likeness (QED) is 0.0225. The molecule has 6 atom stereocenters. The van der Waals surface area contributed by atoms with Gasteiger partial charge >= 0.3 is 19.8 Å². The van der Waals surface area contributed by atoms with Crippen LogP contribution in [-0.4, -0.2) is 98.3 Å². The van der Waals surface area contributed by atoms with Gasteiger partial charge < -0.3 is 39.9 Å². The molecule has 1 aliphatic rings. The summed E-state index contributed by atoms with van der Waals surface area (Å²) in [6, 6.07) is 0. The van der Waals surface area contributed by atoms with Crippen LogP contribution in [0.2, 0.25) is 0 Å². The fourth-order valence-electron chi connectivity index (χ4n) is 5.61. The molecular weight excluding hydrogens is 683 g/mol. The van der Waals surface area contributed by atoms with Gasteiger partial charge in [0.25, 0.3) is 0 Å². The molecule has 0 aromatic rings. The molecule has 14 heteroatoms. The standard InChI is InChI=1S/C37H67O13P/c1-3-5-7-8-9-10-11-12-13-14-15-16-17-18-19-20-21-22-24-26-31(39)49-29(27-47-30(38)25-23-6-4-2)28-48-51(45,46)50-37-35(43)33(41)32(40)34(42)36(37)44/h9-10,12-13,29,32-37,40-44H,3-8,11,14-28H2,1-2H3,(H,45,46)/b10-9-,13-12-. The lowest BCUT2D eigenvalue weighted by Gasteiger charge is -2.41. The first-order chi connectivity index (χ1) is 24.4. The molecule has 1 aliphatic carbocycles. The number of carbonyl (C=O) groups excluding carboxylic acids is 2. The van der Waals surface area contributed by atoms with Crippen molar-refractivity contribution in [2.45, 2.75) is 185 Å². The summed E-state index contributed by atoms with van der Waals surface area (Å²) in [6.07, 6.45) is 15.1. The molecule has 0 aromatic carbocycles. The first-order valence-corrected chi connectivity index (χ1v) is 20.6. The number of phosphoric acid groups is 1. The van der Waals surface area contributed by atoms with Crippen molar-refractivity contribution >= 4 is 19.8 Å². The second-order valence-corrected chi connectivity index (χ2v) is 14.8. The number of rotatable bonds is 30. The Balaban J connectivity index is 2.37. The summed E-state index contributed by atoms with van der Waals surface area (Å²) in [5, 5.41) is 49.7. The zero-order valence-electron chi connectivity index (χ0n) is 30.9. The Bertz CT molecular complexity index is 1010. The van der Waals surface area contributed by atoms with Crippen molar-refractivity contribution in [1.29, 1.82) is 0 Å². The van der Waals surface area contributed by atoms with Crippen LogP contribution < -0.4 is 0 Å². The number of carbonyl (C=O) groups is 2. The van der Waals surface area contributed by atoms with Gasteiger partial charge in [-0.15, -0.1) is 0 Å². The van der Waals surface area contributed by atoms with Crippen molar-refractivity contribution in [3.63, 3.8) is 0 Å². The molecule has 0 amide bonds. The van der Waals surface area contributed by atoms with Crippen LogP contribution in [0.3, 0.4) is 0 Å². The molecule has 13 nitrogen and oxygen atoms in total. The Kier molecular flexibility index (Phi) is 26.7. The van der Waals surface area contributed by atoms with Crippen LogP contribution in [-0.2, 0) is 32.7 Å². The Hall–Kier alpha value is -1.67. The van der Waals surface area contributed by atoms with Crippen molar-refractivity contribution in [3.05, 3.63) is 24.3 Å². The lowest BCUT2D eigenvalue weighted by Crippen LogP contribution is -2.64. The summed E-state index contributed by atoms with van der Waals surface area (Å²) in [5.74, 6) is -1.13. The predicted molar refractivity (Wildman–Crippen MR) is 193 cm³/mol. The van der Waals surface area contributed by atoms with E-state index in [2.05, 4.69) is 31.2 Å². The molecule has 1 fully saturated rings. The average Bonchev–Trinajstić information content (AvgIpc) is 3.10. The fourth-order valence-corrected chi connectivity index (χ4v) is 6.58. The molecule has 51 heavy (non-hydrogen) atoms. The third-order valence-corrected chi connectivity index (χ3v) is 9.78. The van der Waals surface area contributed by atoms with Crippen LogP contribution in [0, 0.1) is 0 Å². The zero-order valence-corrected chi connectivity index (χ0v) is 31.8. The van der Waals surface area contributed by atoms with Crippen molar-refractivity contribution < 1.29 is 63.1 Å². The van der Waals surface area contributed by atoms with Gasteiger partial charge in [-0.1, -0.05) is 109 Å². The van der Waals surface area contributed by atoms with E-state index in [0.717, 1.165) is 51.4 Å². The smallest absolute Gasteiger partial charge is 0.462 e. The zero-order chi connectivity index (χ0) is 37.9. The van der Waals surface area contributed by atoms with E-state index in [1.54, 1.807) is 0 Å². The molecule has 0 saturated heterocycles. The fraction of sp³-hybridized carbons (Fsp3) is 0.838. The van der Waals surface area contributed by atoms with Gasteiger partial charge in [0.15, 0.2) is 6.10 Å². The molecule has 6 unspecified atom stereocenters. The first-order valence-electron chi connectivity index (χ1n) is 19.1. The number of aliphatic hydroxyl groups excluding tert-OH is 5. The number of allylic oxidation sites excluding steroid dienone is 4. The minimum Gasteiger partial charge on any atom is -0.462 e. The van der Waals surface area contributed by atoms with Gasteiger partial charge in [-0.05, 0) is 44.9 Å². The highest BCUT2D eigenvalue weighted by atomic mass is 31.2. The molecule has 1 rings (SSSR count). The second kappa shape index (κ2) is 28.8. The van der Waals surface area contributed by atoms with Gasteiger partial charge in [-0.3, -0.25) is 18.6 Å². The van der Waals surface area contributed by atoms with E-state index >= 15 is 0 Å². The Labute approximate surface area is 305 Å². The van der Waals surface area contributed by atoms with Crippen LogP contribution in [0.25, 0.3) is 0 Å². The number of ether oxygens (including phenoxy) is 2. The van der Waals surface area contributed by atoms with Crippen molar-refractivity contribution in [2.75, 3.05) is 13.2 Å². The third-order valence-electron chi connectivity index (χ3n) is 8.80. The summed E-state index contributed by atoms with van der Waals surface area (Å²) >= 11 is 0. The Morgan fingerprint density at radius 1 is 0.608 bits per heavy atom. The summed E-state index contributed by atoms with van der Waals surface area (Å²) in [5.41, 5.74) is 0. The van der Waals surface area contributed by atoms with Crippen LogP contribution in [0.5, 0.6) is 0 Å². The summed E-state index contributed by atoms with van der Waals surface area (Å²) in [4.78, 5) is 35.0. The highest BCUT2D eigenvalue weighted by Gasteiger charge is 2.51. The largest absolute Gasteiger partial charge is 0.472 e.